The van der Waals surface area contributed by atoms with Crippen LogP contribution in [0.2, 0.25) is 0 Å². The molecule has 1 spiro atoms. The number of nitrogens with zero attached hydrogens (tertiary/aromatic N) is 1. The number of benzene rings is 2. The lowest BCUT2D eigenvalue weighted by Gasteiger charge is -2.36. The van der Waals surface area contributed by atoms with Crippen molar-refractivity contribution in [1.82, 2.24) is 10.2 Å². The Morgan fingerprint density at radius 3 is 2.42 bits per heavy atom. The third-order valence-corrected chi connectivity index (χ3v) is 6.52. The van der Waals surface area contributed by atoms with E-state index < -0.39 is 17.5 Å². The summed E-state index contributed by atoms with van der Waals surface area (Å²) in [5.74, 6) is 0.666. The van der Waals surface area contributed by atoms with Crippen molar-refractivity contribution in [3.8, 4) is 11.5 Å². The zero-order valence-electron chi connectivity index (χ0n) is 17.2. The number of imide groups is 1. The number of hydrogen-bond acceptors (Lipinski definition) is 4. The van der Waals surface area contributed by atoms with Gasteiger partial charge in [-0.2, -0.15) is 0 Å². The van der Waals surface area contributed by atoms with E-state index >= 15 is 0 Å². The van der Waals surface area contributed by atoms with Crippen molar-refractivity contribution in [2.75, 3.05) is 11.9 Å². The Hall–Kier alpha value is -2.87. The van der Waals surface area contributed by atoms with Crippen LogP contribution in [0.5, 0.6) is 11.5 Å². The van der Waals surface area contributed by atoms with Gasteiger partial charge in [0.15, 0.2) is 0 Å². The fourth-order valence-corrected chi connectivity index (χ4v) is 4.49. The molecule has 2 atom stereocenters. The molecule has 2 fully saturated rings. The van der Waals surface area contributed by atoms with Gasteiger partial charge in [0.2, 0.25) is 5.91 Å². The lowest BCUT2D eigenvalue weighted by Crippen LogP contribution is -2.54. The summed E-state index contributed by atoms with van der Waals surface area (Å²) >= 11 is 3.38. The van der Waals surface area contributed by atoms with Crippen LogP contribution in [0.1, 0.15) is 32.6 Å². The second kappa shape index (κ2) is 8.70. The zero-order valence-corrected chi connectivity index (χ0v) is 18.8. The molecule has 1 saturated carbocycles. The third kappa shape index (κ3) is 4.44. The van der Waals surface area contributed by atoms with Crippen LogP contribution >= 0.6 is 15.9 Å². The predicted octanol–water partition coefficient (Wildman–Crippen LogP) is 4.68. The fourth-order valence-electron chi connectivity index (χ4n) is 4.23. The van der Waals surface area contributed by atoms with Gasteiger partial charge in [0.1, 0.15) is 23.6 Å². The van der Waals surface area contributed by atoms with E-state index in [-0.39, 0.29) is 18.4 Å². The molecule has 0 radical (unpaired) electrons. The molecule has 4 amide bonds. The van der Waals surface area contributed by atoms with Gasteiger partial charge in [-0.15, -0.1) is 0 Å². The summed E-state index contributed by atoms with van der Waals surface area (Å²) in [6, 6.07) is 13.9. The smallest absolute Gasteiger partial charge is 0.325 e. The quantitative estimate of drug-likeness (QED) is 0.601. The van der Waals surface area contributed by atoms with E-state index in [0.29, 0.717) is 23.6 Å². The topological polar surface area (TPSA) is 87.7 Å². The third-order valence-electron chi connectivity index (χ3n) is 5.99. The molecule has 2 N–H and O–H groups in total. The first-order valence-corrected chi connectivity index (χ1v) is 11.1. The maximum absolute atomic E-state index is 13.0. The van der Waals surface area contributed by atoms with E-state index in [1.165, 1.54) is 0 Å². The van der Waals surface area contributed by atoms with Crippen LogP contribution in [0.15, 0.2) is 53.0 Å². The molecule has 0 aromatic heterocycles. The predicted molar refractivity (Wildman–Crippen MR) is 120 cm³/mol. The standard InChI is InChI=1S/C23H24BrN3O4/c1-15-4-2-3-13-23(15)21(29)27(22(30)26-23)14-20(28)25-17-7-11-19(12-8-17)31-18-9-5-16(24)6-10-18/h5-12,15H,2-4,13-14H2,1H3,(H,25,28)(H,26,30). The van der Waals surface area contributed by atoms with Gasteiger partial charge in [-0.3, -0.25) is 14.5 Å². The molecule has 2 aromatic carbocycles. The Morgan fingerprint density at radius 1 is 1.13 bits per heavy atom. The molecule has 8 heteroatoms. The van der Waals surface area contributed by atoms with E-state index in [2.05, 4.69) is 26.6 Å². The number of carbonyl (C=O) groups excluding carboxylic acids is 3. The van der Waals surface area contributed by atoms with Crippen LogP contribution in [-0.2, 0) is 9.59 Å². The molecule has 1 aliphatic carbocycles. The van der Waals surface area contributed by atoms with E-state index in [0.717, 1.165) is 28.6 Å². The summed E-state index contributed by atoms with van der Waals surface area (Å²) in [6.45, 7) is 1.68. The number of urea groups is 1. The monoisotopic (exact) mass is 485 g/mol. The largest absolute Gasteiger partial charge is 0.457 e. The molecular weight excluding hydrogens is 462 g/mol. The first-order chi connectivity index (χ1) is 14.9. The summed E-state index contributed by atoms with van der Waals surface area (Å²) in [4.78, 5) is 38.9. The van der Waals surface area contributed by atoms with Gasteiger partial charge in [-0.1, -0.05) is 35.7 Å². The molecule has 1 aliphatic heterocycles. The fraction of sp³-hybridized carbons (Fsp3) is 0.348. The Bertz CT molecular complexity index is 993. The highest BCUT2D eigenvalue weighted by molar-refractivity contribution is 9.10. The van der Waals surface area contributed by atoms with E-state index in [4.69, 9.17) is 4.74 Å². The lowest BCUT2D eigenvalue weighted by molar-refractivity contribution is -0.136. The molecule has 1 saturated heterocycles. The molecule has 2 aliphatic rings. The van der Waals surface area contributed by atoms with Crippen molar-refractivity contribution in [3.63, 3.8) is 0 Å². The molecule has 162 valence electrons. The Balaban J connectivity index is 1.36. The lowest BCUT2D eigenvalue weighted by atomic mass is 9.73. The molecule has 1 heterocycles. The van der Waals surface area contributed by atoms with Crippen molar-refractivity contribution in [2.45, 2.75) is 38.1 Å². The van der Waals surface area contributed by atoms with Crippen molar-refractivity contribution < 1.29 is 19.1 Å². The first kappa shape index (κ1) is 21.4. The number of ether oxygens (including phenoxy) is 1. The van der Waals surface area contributed by atoms with Gasteiger partial charge in [-0.25, -0.2) is 4.79 Å². The van der Waals surface area contributed by atoms with Crippen molar-refractivity contribution >= 4 is 39.5 Å². The van der Waals surface area contributed by atoms with Gasteiger partial charge in [-0.05, 0) is 67.3 Å². The minimum atomic E-state index is -0.859. The number of rotatable bonds is 5. The number of nitrogens with one attached hydrogen (secondary N) is 2. The minimum Gasteiger partial charge on any atom is -0.457 e. The van der Waals surface area contributed by atoms with Gasteiger partial charge in [0.05, 0.1) is 0 Å². The molecule has 7 nitrogen and oxygen atoms in total. The van der Waals surface area contributed by atoms with E-state index in [1.54, 1.807) is 24.3 Å². The van der Waals surface area contributed by atoms with Crippen LogP contribution in [0.3, 0.4) is 0 Å². The normalized spacial score (nSPS) is 23.0. The second-order valence-electron chi connectivity index (χ2n) is 8.07. The molecule has 2 unspecified atom stereocenters. The Labute approximate surface area is 189 Å². The molecule has 31 heavy (non-hydrogen) atoms. The van der Waals surface area contributed by atoms with Crippen LogP contribution in [0.25, 0.3) is 0 Å². The first-order valence-electron chi connectivity index (χ1n) is 10.3. The number of amides is 4. The number of anilines is 1. The van der Waals surface area contributed by atoms with E-state index in [1.807, 2.05) is 31.2 Å². The molecule has 4 rings (SSSR count). The highest BCUT2D eigenvalue weighted by Gasteiger charge is 2.55. The van der Waals surface area contributed by atoms with Gasteiger partial charge < -0.3 is 15.4 Å². The minimum absolute atomic E-state index is 0.0593. The van der Waals surface area contributed by atoms with Crippen LogP contribution in [0.4, 0.5) is 10.5 Å². The molecular formula is C23H24BrN3O4. The maximum Gasteiger partial charge on any atom is 0.325 e. The van der Waals surface area contributed by atoms with Gasteiger partial charge in [0, 0.05) is 10.2 Å². The average molecular weight is 486 g/mol. The zero-order chi connectivity index (χ0) is 22.0. The van der Waals surface area contributed by atoms with Crippen molar-refractivity contribution in [2.24, 2.45) is 5.92 Å². The van der Waals surface area contributed by atoms with Crippen molar-refractivity contribution in [3.05, 3.63) is 53.0 Å². The Kier molecular flexibility index (Phi) is 6.00. The Morgan fingerprint density at radius 2 is 1.77 bits per heavy atom. The second-order valence-corrected chi connectivity index (χ2v) is 8.98. The maximum atomic E-state index is 13.0. The van der Waals surface area contributed by atoms with Crippen molar-refractivity contribution in [1.29, 1.82) is 0 Å². The number of carbonyl (C=O) groups is 3. The van der Waals surface area contributed by atoms with Crippen LogP contribution in [-0.4, -0.2) is 34.8 Å². The number of hydrogen-bond donors (Lipinski definition) is 2. The van der Waals surface area contributed by atoms with Crippen LogP contribution < -0.4 is 15.4 Å². The summed E-state index contributed by atoms with van der Waals surface area (Å²) in [5.41, 5.74) is -0.303. The average Bonchev–Trinajstić information content (AvgIpc) is 2.98. The summed E-state index contributed by atoms with van der Waals surface area (Å²) in [7, 11) is 0. The van der Waals surface area contributed by atoms with Gasteiger partial charge >= 0.3 is 6.03 Å². The number of halogens is 1. The van der Waals surface area contributed by atoms with Crippen LogP contribution in [0, 0.1) is 5.92 Å². The summed E-state index contributed by atoms with van der Waals surface area (Å²) < 4.78 is 6.73. The summed E-state index contributed by atoms with van der Waals surface area (Å²) in [6.07, 6.45) is 3.45. The SMILES string of the molecule is CC1CCCCC12NC(=O)N(CC(=O)Nc1ccc(Oc3ccc(Br)cc3)cc1)C2=O. The summed E-state index contributed by atoms with van der Waals surface area (Å²) in [5, 5.41) is 5.60. The molecule has 0 bridgehead atoms. The van der Waals surface area contributed by atoms with Gasteiger partial charge in [0.25, 0.3) is 5.91 Å². The highest BCUT2D eigenvalue weighted by Crippen LogP contribution is 2.38. The molecule has 2 aromatic rings. The van der Waals surface area contributed by atoms with E-state index in [9.17, 15) is 14.4 Å². The highest BCUT2D eigenvalue weighted by atomic mass is 79.9.